The fourth-order valence-corrected chi connectivity index (χ4v) is 2.02. The number of carbonyl (C=O) groups excluding carboxylic acids is 5. The molecule has 0 atom stereocenters. The van der Waals surface area contributed by atoms with Gasteiger partial charge in [-0.25, -0.2) is 40.2 Å². The van der Waals surface area contributed by atoms with Crippen molar-refractivity contribution in [1.82, 2.24) is 0 Å². The van der Waals surface area contributed by atoms with Crippen LogP contribution in [0.3, 0.4) is 0 Å². The summed E-state index contributed by atoms with van der Waals surface area (Å²) in [7, 11) is 0. The second-order valence-electron chi connectivity index (χ2n) is 5.15. The second-order valence-corrected chi connectivity index (χ2v) is 5.15. The molecule has 11 heteroatoms. The highest BCUT2D eigenvalue weighted by atomic mass is 16.3. The van der Waals surface area contributed by atoms with Gasteiger partial charge in [0, 0.05) is 0 Å². The van der Waals surface area contributed by atoms with Crippen LogP contribution in [0, 0.1) is 37.0 Å². The Morgan fingerprint density at radius 1 is 0.677 bits per heavy atom. The number of hydrogen-bond acceptors (Lipinski definition) is 11. The van der Waals surface area contributed by atoms with Crippen LogP contribution < -0.4 is 0 Å². The van der Waals surface area contributed by atoms with E-state index in [2.05, 4.69) is 49.0 Å². The lowest BCUT2D eigenvalue weighted by Crippen LogP contribution is -1.78. The molecule has 162 valence electrons. The highest BCUT2D eigenvalue weighted by molar-refractivity contribution is 5.33. The third-order valence-electron chi connectivity index (χ3n) is 2.68. The summed E-state index contributed by atoms with van der Waals surface area (Å²) in [5.74, 6) is 1.08. The van der Waals surface area contributed by atoms with E-state index < -0.39 is 0 Å². The third kappa shape index (κ3) is 23.4. The lowest BCUT2D eigenvalue weighted by atomic mass is 10.1. The zero-order chi connectivity index (χ0) is 24.5. The van der Waals surface area contributed by atoms with Crippen molar-refractivity contribution in [2.75, 3.05) is 0 Å². The number of furan rings is 1. The zero-order valence-corrected chi connectivity index (χ0v) is 17.1. The van der Waals surface area contributed by atoms with E-state index in [-0.39, 0.29) is 13.1 Å². The summed E-state index contributed by atoms with van der Waals surface area (Å²) >= 11 is 0. The predicted molar refractivity (Wildman–Crippen MR) is 108 cm³/mol. The van der Waals surface area contributed by atoms with Crippen LogP contribution in [0.1, 0.15) is 28.2 Å². The smallest absolute Gasteiger partial charge is 0.235 e. The maximum Gasteiger partial charge on any atom is 0.235 e. The first-order valence-electron chi connectivity index (χ1n) is 8.11. The quantitative estimate of drug-likeness (QED) is 0.494. The first-order chi connectivity index (χ1) is 14.8. The molecule has 0 spiro atoms. The highest BCUT2D eigenvalue weighted by Crippen LogP contribution is 2.09. The molecule has 1 heterocycles. The first kappa shape index (κ1) is 31.1. The fourth-order valence-electron chi connectivity index (χ4n) is 2.02. The van der Waals surface area contributed by atoms with Crippen molar-refractivity contribution in [2.24, 2.45) is 9.98 Å². The van der Waals surface area contributed by atoms with Crippen LogP contribution >= 0.6 is 0 Å². The van der Waals surface area contributed by atoms with Gasteiger partial charge in [0.1, 0.15) is 24.6 Å². The molecule has 0 unspecified atom stereocenters. The normalized spacial score (nSPS) is 7.19. The molecular weight excluding hydrogens is 406 g/mol. The van der Waals surface area contributed by atoms with Gasteiger partial charge >= 0.3 is 0 Å². The number of nitrogens with zero attached hydrogens (tertiary/aromatic N) is 2. The Morgan fingerprint density at radius 2 is 0.935 bits per heavy atom. The number of hydrogen-bond donors (Lipinski definition) is 3. The van der Waals surface area contributed by atoms with Gasteiger partial charge in [0.15, 0.2) is 0 Å². The van der Waals surface area contributed by atoms with Crippen molar-refractivity contribution in [1.29, 1.82) is 16.2 Å². The molecule has 2 aromatic rings. The van der Waals surface area contributed by atoms with Crippen LogP contribution in [0.25, 0.3) is 0 Å². The first-order valence-corrected chi connectivity index (χ1v) is 8.11. The molecule has 31 heavy (non-hydrogen) atoms. The molecule has 0 saturated heterocycles. The topological polar surface area (TPSA) is 195 Å². The van der Waals surface area contributed by atoms with Gasteiger partial charge in [0.2, 0.25) is 30.4 Å². The zero-order valence-electron chi connectivity index (χ0n) is 17.1. The molecule has 0 aliphatic carbocycles. The van der Waals surface area contributed by atoms with Gasteiger partial charge in [-0.15, -0.1) is 0 Å². The predicted octanol–water partition coefficient (Wildman–Crippen LogP) is 3.27. The molecule has 0 aliphatic rings. The summed E-state index contributed by atoms with van der Waals surface area (Å²) in [6.07, 6.45) is 5.05. The molecule has 0 radical (unpaired) electrons. The van der Waals surface area contributed by atoms with E-state index >= 15 is 0 Å². The minimum absolute atomic E-state index is 0.161. The molecule has 0 aliphatic heterocycles. The van der Waals surface area contributed by atoms with Crippen molar-refractivity contribution >= 4 is 30.4 Å². The van der Waals surface area contributed by atoms with E-state index in [1.807, 2.05) is 0 Å². The maximum atomic E-state index is 9.75. The Balaban J connectivity index is -0.000000377. The van der Waals surface area contributed by atoms with Gasteiger partial charge in [0.25, 0.3) is 0 Å². The molecule has 0 fully saturated rings. The number of rotatable bonds is 4. The minimum Gasteiger partial charge on any atom is -0.462 e. The average molecular weight is 427 g/mol. The van der Waals surface area contributed by atoms with Crippen molar-refractivity contribution in [3.05, 3.63) is 58.5 Å². The number of aliphatic imine (C=N–C) groups is 2. The number of nitrogens with one attached hydrogen (secondary N) is 3. The summed E-state index contributed by atoms with van der Waals surface area (Å²) in [5.41, 5.74) is 4.06. The Labute approximate surface area is 178 Å². The standard InChI is InChI=1S/C9H12.C8H6N2O3.3CHNO/c1-7-4-8(2)6-9(3)5-7;11-5-9-3-7-1-2-8(13-7)4-10-6-12;3*2-1-3/h4-6H,1-3H3;1-2H,3-4H2;3*2H. The van der Waals surface area contributed by atoms with Gasteiger partial charge in [-0.05, 0) is 32.9 Å². The van der Waals surface area contributed by atoms with Crippen LogP contribution in [0.15, 0.2) is 44.7 Å². The van der Waals surface area contributed by atoms with Crippen LogP contribution in [0.2, 0.25) is 0 Å². The summed E-state index contributed by atoms with van der Waals surface area (Å²) in [5, 5.41) is 16.2. The number of benzene rings is 1. The Morgan fingerprint density at radius 3 is 1.16 bits per heavy atom. The number of aryl methyl sites for hydroxylation is 3. The van der Waals surface area contributed by atoms with Crippen LogP contribution in [0.4, 0.5) is 0 Å². The lowest BCUT2D eigenvalue weighted by molar-refractivity contribution is 0.467. The fraction of sp³-hybridized carbons (Fsp3) is 0.250. The monoisotopic (exact) mass is 427 g/mol. The van der Waals surface area contributed by atoms with Crippen molar-refractivity contribution in [2.45, 2.75) is 33.9 Å². The molecule has 0 bridgehead atoms. The van der Waals surface area contributed by atoms with Gasteiger partial charge in [-0.3, -0.25) is 0 Å². The van der Waals surface area contributed by atoms with E-state index in [9.17, 15) is 9.59 Å². The lowest BCUT2D eigenvalue weighted by Gasteiger charge is -1.96. The van der Waals surface area contributed by atoms with Gasteiger partial charge in [-0.2, -0.15) is 9.98 Å². The molecule has 0 saturated carbocycles. The van der Waals surface area contributed by atoms with Crippen molar-refractivity contribution < 1.29 is 28.4 Å². The summed E-state index contributed by atoms with van der Waals surface area (Å²) in [4.78, 5) is 51.2. The number of isocyanates is 5. The van der Waals surface area contributed by atoms with Crippen LogP contribution in [0.5, 0.6) is 0 Å². The Hall–Kier alpha value is -4.60. The molecule has 0 amide bonds. The van der Waals surface area contributed by atoms with Gasteiger partial charge < -0.3 is 4.42 Å². The maximum absolute atomic E-state index is 9.75. The average Bonchev–Trinajstić information content (AvgIpc) is 3.14. The van der Waals surface area contributed by atoms with Crippen LogP contribution in [-0.4, -0.2) is 30.4 Å². The molecule has 3 N–H and O–H groups in total. The summed E-state index contributed by atoms with van der Waals surface area (Å²) < 4.78 is 5.14. The van der Waals surface area contributed by atoms with Gasteiger partial charge in [0.05, 0.1) is 0 Å². The van der Waals surface area contributed by atoms with Crippen molar-refractivity contribution in [3.63, 3.8) is 0 Å². The second kappa shape index (κ2) is 23.4. The Bertz CT molecular complexity index is 854. The highest BCUT2D eigenvalue weighted by Gasteiger charge is 1.99. The van der Waals surface area contributed by atoms with Gasteiger partial charge in [-0.1, -0.05) is 34.9 Å². The van der Waals surface area contributed by atoms with E-state index in [4.69, 9.17) is 35.0 Å². The molecule has 2 rings (SSSR count). The molecule has 11 nitrogen and oxygen atoms in total. The van der Waals surface area contributed by atoms with E-state index in [1.165, 1.54) is 28.9 Å². The summed E-state index contributed by atoms with van der Waals surface area (Å²) in [6.45, 7) is 6.70. The molecule has 1 aromatic carbocycles. The SMILES string of the molecule is Cc1cc(C)cc(C)c1.N=C=O.N=C=O.N=C=O.O=C=NCc1ccc(CN=C=O)o1. The van der Waals surface area contributed by atoms with E-state index in [0.717, 1.165) is 18.2 Å². The molecular formula is C20H21N5O6. The third-order valence-corrected chi connectivity index (χ3v) is 2.68. The van der Waals surface area contributed by atoms with E-state index in [1.54, 1.807) is 12.1 Å². The van der Waals surface area contributed by atoms with E-state index in [0.29, 0.717) is 11.5 Å². The van der Waals surface area contributed by atoms with Crippen molar-refractivity contribution in [3.8, 4) is 0 Å². The largest absolute Gasteiger partial charge is 0.462 e. The summed E-state index contributed by atoms with van der Waals surface area (Å²) in [6, 6.07) is 9.89. The van der Waals surface area contributed by atoms with Crippen LogP contribution in [-0.2, 0) is 37.1 Å². The Kier molecular flexibility index (Phi) is 23.5. The minimum atomic E-state index is 0.161. The molecule has 1 aromatic heterocycles.